The molecule has 1 N–H and O–H groups in total. The summed E-state index contributed by atoms with van der Waals surface area (Å²) in [5.41, 5.74) is -1.76. The Morgan fingerprint density at radius 3 is 2.40 bits per heavy atom. The van der Waals surface area contributed by atoms with E-state index in [1.807, 2.05) is 13.8 Å². The van der Waals surface area contributed by atoms with E-state index in [0.717, 1.165) is 0 Å². The highest BCUT2D eigenvalue weighted by atomic mass is 19.4. The van der Waals surface area contributed by atoms with E-state index in [9.17, 15) is 13.2 Å². The molecule has 0 aliphatic carbocycles. The number of nitrogens with one attached hydrogen (secondary N) is 1. The molecule has 0 bridgehead atoms. The van der Waals surface area contributed by atoms with Crippen LogP contribution in [0.4, 0.5) is 13.2 Å². The average Bonchev–Trinajstić information content (AvgIpc) is 2.16. The van der Waals surface area contributed by atoms with Crippen LogP contribution >= 0.6 is 0 Å². The SMILES string of the molecule is CNC1(C(F)(F)F)CCOC(C(C)C)C1. The predicted octanol–water partition coefficient (Wildman–Crippen LogP) is 2.34. The number of alkyl halides is 3. The third-order valence-electron chi connectivity index (χ3n) is 3.18. The van der Waals surface area contributed by atoms with Crippen molar-refractivity contribution in [1.29, 1.82) is 0 Å². The zero-order valence-electron chi connectivity index (χ0n) is 9.32. The van der Waals surface area contributed by atoms with Crippen LogP contribution in [0.2, 0.25) is 0 Å². The van der Waals surface area contributed by atoms with Crippen molar-refractivity contribution in [2.24, 2.45) is 5.92 Å². The van der Waals surface area contributed by atoms with E-state index in [0.29, 0.717) is 0 Å². The zero-order chi connectivity index (χ0) is 11.7. The molecule has 1 saturated heterocycles. The number of hydrogen-bond donors (Lipinski definition) is 1. The second-order valence-electron chi connectivity index (χ2n) is 4.44. The quantitative estimate of drug-likeness (QED) is 0.778. The first kappa shape index (κ1) is 12.8. The fourth-order valence-electron chi connectivity index (χ4n) is 1.94. The second kappa shape index (κ2) is 4.29. The Hall–Kier alpha value is -0.290. The molecule has 2 atom stereocenters. The van der Waals surface area contributed by atoms with Crippen LogP contribution < -0.4 is 5.32 Å². The fourth-order valence-corrected chi connectivity index (χ4v) is 1.94. The van der Waals surface area contributed by atoms with Gasteiger partial charge in [-0.3, -0.25) is 0 Å². The van der Waals surface area contributed by atoms with Crippen LogP contribution in [0.25, 0.3) is 0 Å². The summed E-state index contributed by atoms with van der Waals surface area (Å²) in [5, 5.41) is 2.44. The van der Waals surface area contributed by atoms with E-state index in [-0.39, 0.29) is 31.5 Å². The van der Waals surface area contributed by atoms with Gasteiger partial charge in [-0.1, -0.05) is 13.8 Å². The summed E-state index contributed by atoms with van der Waals surface area (Å²) in [6, 6.07) is 0. The van der Waals surface area contributed by atoms with Crippen LogP contribution in [-0.2, 0) is 4.74 Å². The highest BCUT2D eigenvalue weighted by Gasteiger charge is 2.56. The molecule has 1 fully saturated rings. The van der Waals surface area contributed by atoms with Gasteiger partial charge in [-0.15, -0.1) is 0 Å². The zero-order valence-corrected chi connectivity index (χ0v) is 9.32. The van der Waals surface area contributed by atoms with Gasteiger partial charge in [0.2, 0.25) is 0 Å². The third-order valence-corrected chi connectivity index (χ3v) is 3.18. The summed E-state index contributed by atoms with van der Waals surface area (Å²) in [5.74, 6) is 0.111. The maximum atomic E-state index is 12.9. The summed E-state index contributed by atoms with van der Waals surface area (Å²) in [6.07, 6.45) is -4.52. The summed E-state index contributed by atoms with van der Waals surface area (Å²) in [7, 11) is 1.37. The highest BCUT2D eigenvalue weighted by molar-refractivity contribution is 4.98. The minimum atomic E-state index is -4.21. The van der Waals surface area contributed by atoms with E-state index in [4.69, 9.17) is 4.74 Å². The Kier molecular flexibility index (Phi) is 3.66. The van der Waals surface area contributed by atoms with Crippen molar-refractivity contribution >= 4 is 0 Å². The first-order valence-corrected chi connectivity index (χ1v) is 5.19. The molecule has 2 unspecified atom stereocenters. The van der Waals surface area contributed by atoms with Gasteiger partial charge in [-0.2, -0.15) is 13.2 Å². The van der Waals surface area contributed by atoms with Crippen molar-refractivity contribution in [2.75, 3.05) is 13.7 Å². The molecule has 1 rings (SSSR count). The van der Waals surface area contributed by atoms with Gasteiger partial charge in [-0.05, 0) is 19.4 Å². The molecule has 0 amide bonds. The van der Waals surface area contributed by atoms with Crippen LogP contribution in [0, 0.1) is 5.92 Å². The van der Waals surface area contributed by atoms with E-state index in [1.54, 1.807) is 0 Å². The van der Waals surface area contributed by atoms with Crippen molar-refractivity contribution in [2.45, 2.75) is 44.5 Å². The van der Waals surface area contributed by atoms with Crippen LogP contribution in [0.5, 0.6) is 0 Å². The molecular formula is C10H18F3NO. The molecular weight excluding hydrogens is 207 g/mol. The molecule has 2 nitrogen and oxygen atoms in total. The van der Waals surface area contributed by atoms with Gasteiger partial charge in [0.05, 0.1) is 6.10 Å². The third kappa shape index (κ3) is 2.45. The second-order valence-corrected chi connectivity index (χ2v) is 4.44. The largest absolute Gasteiger partial charge is 0.406 e. The summed E-state index contributed by atoms with van der Waals surface area (Å²) < 4.78 is 44.1. The smallest absolute Gasteiger partial charge is 0.378 e. The van der Waals surface area contributed by atoms with Gasteiger partial charge in [0.25, 0.3) is 0 Å². The van der Waals surface area contributed by atoms with E-state index >= 15 is 0 Å². The van der Waals surface area contributed by atoms with Gasteiger partial charge < -0.3 is 10.1 Å². The molecule has 5 heteroatoms. The topological polar surface area (TPSA) is 21.3 Å². The predicted molar refractivity (Wildman–Crippen MR) is 51.7 cm³/mol. The lowest BCUT2D eigenvalue weighted by Gasteiger charge is -2.43. The molecule has 0 aromatic heterocycles. The minimum absolute atomic E-state index is 0.00375. The Bertz CT molecular complexity index is 217. The van der Waals surface area contributed by atoms with Gasteiger partial charge in [0.1, 0.15) is 5.54 Å². The number of rotatable bonds is 2. The Balaban J connectivity index is 2.82. The van der Waals surface area contributed by atoms with E-state index < -0.39 is 11.7 Å². The highest BCUT2D eigenvalue weighted by Crippen LogP contribution is 2.40. The van der Waals surface area contributed by atoms with E-state index in [1.165, 1.54) is 7.05 Å². The molecule has 0 radical (unpaired) electrons. The molecule has 1 aliphatic rings. The molecule has 90 valence electrons. The summed E-state index contributed by atoms with van der Waals surface area (Å²) in [6.45, 7) is 3.93. The van der Waals surface area contributed by atoms with E-state index in [2.05, 4.69) is 5.32 Å². The average molecular weight is 225 g/mol. The maximum absolute atomic E-state index is 12.9. The van der Waals surface area contributed by atoms with Crippen molar-refractivity contribution in [1.82, 2.24) is 5.32 Å². The molecule has 0 spiro atoms. The van der Waals surface area contributed by atoms with Gasteiger partial charge >= 0.3 is 6.18 Å². The molecule has 0 aromatic rings. The lowest BCUT2D eigenvalue weighted by Crippen LogP contribution is -2.60. The van der Waals surface area contributed by atoms with Gasteiger partial charge in [0, 0.05) is 13.0 Å². The normalized spacial score (nSPS) is 33.4. The van der Waals surface area contributed by atoms with Crippen molar-refractivity contribution in [3.05, 3.63) is 0 Å². The number of halogens is 3. The molecule has 15 heavy (non-hydrogen) atoms. The number of hydrogen-bond acceptors (Lipinski definition) is 2. The molecule has 1 aliphatic heterocycles. The van der Waals surface area contributed by atoms with Crippen LogP contribution in [-0.4, -0.2) is 31.5 Å². The summed E-state index contributed by atoms with van der Waals surface area (Å²) >= 11 is 0. The minimum Gasteiger partial charge on any atom is -0.378 e. The first-order chi connectivity index (χ1) is 6.82. The van der Waals surface area contributed by atoms with Crippen LogP contribution in [0.15, 0.2) is 0 Å². The maximum Gasteiger partial charge on any atom is 0.406 e. The standard InChI is InChI=1S/C10H18F3NO/c1-7(2)8-6-9(14-3,4-5-15-8)10(11,12)13/h7-8,14H,4-6H2,1-3H3. The Morgan fingerprint density at radius 2 is 2.00 bits per heavy atom. The van der Waals surface area contributed by atoms with Crippen LogP contribution in [0.1, 0.15) is 26.7 Å². The number of ether oxygens (including phenoxy) is 1. The first-order valence-electron chi connectivity index (χ1n) is 5.19. The lowest BCUT2D eigenvalue weighted by molar-refractivity contribution is -0.226. The van der Waals surface area contributed by atoms with Crippen molar-refractivity contribution < 1.29 is 17.9 Å². The van der Waals surface area contributed by atoms with Crippen molar-refractivity contribution in [3.8, 4) is 0 Å². The lowest BCUT2D eigenvalue weighted by atomic mass is 9.83. The molecule has 0 saturated carbocycles. The summed E-state index contributed by atoms with van der Waals surface area (Å²) in [4.78, 5) is 0. The van der Waals surface area contributed by atoms with Gasteiger partial charge in [-0.25, -0.2) is 0 Å². The fraction of sp³-hybridized carbons (Fsp3) is 1.00. The van der Waals surface area contributed by atoms with Crippen LogP contribution in [0.3, 0.4) is 0 Å². The van der Waals surface area contributed by atoms with Gasteiger partial charge in [0.15, 0.2) is 0 Å². The molecule has 1 heterocycles. The molecule has 0 aromatic carbocycles. The van der Waals surface area contributed by atoms with Crippen molar-refractivity contribution in [3.63, 3.8) is 0 Å². The monoisotopic (exact) mass is 225 g/mol. The Labute approximate surface area is 88.2 Å². The Morgan fingerprint density at radius 1 is 1.40 bits per heavy atom.